The highest BCUT2D eigenvalue weighted by molar-refractivity contribution is 5.94. The van der Waals surface area contributed by atoms with Gasteiger partial charge in [-0.25, -0.2) is 0 Å². The Balaban J connectivity index is 1.60. The molecule has 19 heavy (non-hydrogen) atoms. The van der Waals surface area contributed by atoms with Crippen LogP contribution in [0.15, 0.2) is 17.4 Å². The average Bonchev–Trinajstić information content (AvgIpc) is 2.27. The highest BCUT2D eigenvalue weighted by Crippen LogP contribution is 2.32. The van der Waals surface area contributed by atoms with Crippen molar-refractivity contribution >= 4 is 5.84 Å². The van der Waals surface area contributed by atoms with Gasteiger partial charge in [0.25, 0.3) is 0 Å². The molecule has 0 spiro atoms. The molecule has 0 bridgehead atoms. The molecule has 2 fully saturated rings. The molecule has 3 rings (SSSR count). The molecule has 0 unspecified atom stereocenters. The van der Waals surface area contributed by atoms with Gasteiger partial charge in [0.1, 0.15) is 5.54 Å². The van der Waals surface area contributed by atoms with Crippen LogP contribution in [0.3, 0.4) is 0 Å². The van der Waals surface area contributed by atoms with E-state index in [2.05, 4.69) is 35.3 Å². The molecule has 5 nitrogen and oxygen atoms in total. The number of hydrogen-bond acceptors (Lipinski definition) is 5. The molecule has 0 N–H and O–H groups in total. The molecule has 0 atom stereocenters. The van der Waals surface area contributed by atoms with Crippen LogP contribution in [-0.2, 0) is 4.74 Å². The zero-order chi connectivity index (χ0) is 13.6. The van der Waals surface area contributed by atoms with Crippen LogP contribution in [0.25, 0.3) is 0 Å². The van der Waals surface area contributed by atoms with Crippen molar-refractivity contribution in [2.45, 2.75) is 32.4 Å². The van der Waals surface area contributed by atoms with Gasteiger partial charge in [-0.05, 0) is 20.8 Å². The van der Waals surface area contributed by atoms with E-state index in [0.717, 1.165) is 45.1 Å². The predicted molar refractivity (Wildman–Crippen MR) is 75.9 cm³/mol. The second-order valence-corrected chi connectivity index (χ2v) is 6.24. The summed E-state index contributed by atoms with van der Waals surface area (Å²) in [5.41, 5.74) is 1.01. The fourth-order valence-corrected chi connectivity index (χ4v) is 3.14. The largest absolute Gasteiger partial charge is 0.378 e. The van der Waals surface area contributed by atoms with Crippen molar-refractivity contribution in [2.75, 3.05) is 39.4 Å². The van der Waals surface area contributed by atoms with Crippen LogP contribution >= 0.6 is 0 Å². The van der Waals surface area contributed by atoms with Crippen LogP contribution in [0.4, 0.5) is 0 Å². The third kappa shape index (κ3) is 2.05. The van der Waals surface area contributed by atoms with Gasteiger partial charge < -0.3 is 9.64 Å². The first-order chi connectivity index (χ1) is 9.00. The lowest BCUT2D eigenvalue weighted by Crippen LogP contribution is -2.65. The van der Waals surface area contributed by atoms with Gasteiger partial charge in [0.15, 0.2) is 5.84 Å². The lowest BCUT2D eigenvalue weighted by atomic mass is 9.97. The number of nitrogens with zero attached hydrogens (tertiary/aromatic N) is 4. The monoisotopic (exact) mass is 264 g/mol. The Labute approximate surface area is 115 Å². The third-order valence-corrected chi connectivity index (χ3v) is 4.38. The van der Waals surface area contributed by atoms with Gasteiger partial charge in [-0.1, -0.05) is 6.58 Å². The fraction of sp³-hybridized carbons (Fsp3) is 0.786. The maximum atomic E-state index is 5.27. The average molecular weight is 264 g/mol. The van der Waals surface area contributed by atoms with Gasteiger partial charge >= 0.3 is 0 Å². The van der Waals surface area contributed by atoms with E-state index in [4.69, 9.17) is 4.74 Å². The smallest absolute Gasteiger partial charge is 0.153 e. The summed E-state index contributed by atoms with van der Waals surface area (Å²) < 4.78 is 5.27. The summed E-state index contributed by atoms with van der Waals surface area (Å²) in [6.45, 7) is 16.6. The molecule has 0 aromatic heterocycles. The summed E-state index contributed by atoms with van der Waals surface area (Å²) in [5.74, 6) is 1.21. The van der Waals surface area contributed by atoms with Crippen molar-refractivity contribution in [3.63, 3.8) is 0 Å². The van der Waals surface area contributed by atoms with E-state index in [1.807, 2.05) is 11.9 Å². The Morgan fingerprint density at radius 3 is 2.32 bits per heavy atom. The van der Waals surface area contributed by atoms with E-state index in [1.165, 1.54) is 5.84 Å². The van der Waals surface area contributed by atoms with E-state index in [-0.39, 0.29) is 5.54 Å². The van der Waals surface area contributed by atoms with E-state index in [0.29, 0.717) is 6.04 Å². The molecular weight excluding hydrogens is 240 g/mol. The molecule has 106 valence electrons. The summed E-state index contributed by atoms with van der Waals surface area (Å²) in [6, 6.07) is 0.658. The van der Waals surface area contributed by atoms with Gasteiger partial charge in [-0.2, -0.15) is 5.10 Å². The minimum absolute atomic E-state index is 0.00637. The molecule has 0 aromatic carbocycles. The van der Waals surface area contributed by atoms with Crippen LogP contribution in [0.5, 0.6) is 0 Å². The zero-order valence-electron chi connectivity index (χ0n) is 12.2. The van der Waals surface area contributed by atoms with Crippen LogP contribution in [0.2, 0.25) is 0 Å². The van der Waals surface area contributed by atoms with Gasteiger partial charge in [-0.15, -0.1) is 0 Å². The van der Waals surface area contributed by atoms with Crippen LogP contribution < -0.4 is 0 Å². The number of rotatable bonds is 2. The minimum Gasteiger partial charge on any atom is -0.378 e. The quantitative estimate of drug-likeness (QED) is 0.743. The minimum atomic E-state index is -0.00637. The molecule has 5 heteroatoms. The van der Waals surface area contributed by atoms with Crippen LogP contribution in [-0.4, -0.2) is 71.6 Å². The first-order valence-electron chi connectivity index (χ1n) is 7.11. The number of piperazine rings is 1. The van der Waals surface area contributed by atoms with Gasteiger partial charge in [0.2, 0.25) is 0 Å². The number of hydrogen-bond donors (Lipinski definition) is 0. The van der Waals surface area contributed by atoms with Crippen molar-refractivity contribution in [1.82, 2.24) is 14.8 Å². The summed E-state index contributed by atoms with van der Waals surface area (Å²) in [4.78, 5) is 4.97. The lowest BCUT2D eigenvalue weighted by Gasteiger charge is -2.52. The van der Waals surface area contributed by atoms with Crippen molar-refractivity contribution in [3.8, 4) is 0 Å². The summed E-state index contributed by atoms with van der Waals surface area (Å²) in [5, 5.41) is 6.66. The molecule has 3 aliphatic rings. The zero-order valence-corrected chi connectivity index (χ0v) is 12.2. The number of amidine groups is 1. The molecule has 0 aromatic rings. The highest BCUT2D eigenvalue weighted by Gasteiger charge is 2.45. The van der Waals surface area contributed by atoms with E-state index >= 15 is 0 Å². The highest BCUT2D eigenvalue weighted by atomic mass is 16.5. The van der Waals surface area contributed by atoms with Crippen molar-refractivity contribution in [3.05, 3.63) is 12.3 Å². The molecule has 3 heterocycles. The second-order valence-electron chi connectivity index (χ2n) is 6.24. The Kier molecular flexibility index (Phi) is 3.06. The molecule has 0 radical (unpaired) electrons. The Morgan fingerprint density at radius 2 is 1.89 bits per heavy atom. The summed E-state index contributed by atoms with van der Waals surface area (Å²) in [6.07, 6.45) is 0. The third-order valence-electron chi connectivity index (χ3n) is 4.38. The molecule has 2 saturated heterocycles. The van der Waals surface area contributed by atoms with Crippen LogP contribution in [0.1, 0.15) is 20.8 Å². The fourth-order valence-electron chi connectivity index (χ4n) is 3.14. The first kappa shape index (κ1) is 12.9. The Bertz CT molecular complexity index is 406. The first-order valence-corrected chi connectivity index (χ1v) is 7.11. The predicted octanol–water partition coefficient (Wildman–Crippen LogP) is 0.944. The van der Waals surface area contributed by atoms with E-state index in [1.54, 1.807) is 0 Å². The van der Waals surface area contributed by atoms with E-state index < -0.39 is 0 Å². The second kappa shape index (κ2) is 4.49. The Hall–Kier alpha value is -1.07. The molecule has 0 aliphatic carbocycles. The normalized spacial score (nSPS) is 27.6. The van der Waals surface area contributed by atoms with Crippen LogP contribution in [0, 0.1) is 0 Å². The maximum Gasteiger partial charge on any atom is 0.153 e. The molecule has 3 aliphatic heterocycles. The standard InChI is InChI=1S/C14H24N4O/c1-11(2)18-14(3,4)13(15-18)17-7-5-16(6-8-17)12-9-19-10-12/h12H,1,5-10H2,2-4H3. The molecule has 0 saturated carbocycles. The number of hydrazone groups is 1. The van der Waals surface area contributed by atoms with E-state index in [9.17, 15) is 0 Å². The lowest BCUT2D eigenvalue weighted by molar-refractivity contribution is -0.0738. The van der Waals surface area contributed by atoms with Gasteiger partial charge in [0, 0.05) is 31.9 Å². The number of ether oxygens (including phenoxy) is 1. The van der Waals surface area contributed by atoms with Crippen molar-refractivity contribution in [1.29, 1.82) is 0 Å². The van der Waals surface area contributed by atoms with Crippen molar-refractivity contribution < 1.29 is 4.74 Å². The summed E-state index contributed by atoms with van der Waals surface area (Å²) >= 11 is 0. The molecule has 0 amide bonds. The van der Waals surface area contributed by atoms with Gasteiger partial charge in [-0.3, -0.25) is 9.91 Å². The SMILES string of the molecule is C=C(C)N1N=C(N2CCN(C3COC3)CC2)C1(C)C. The summed E-state index contributed by atoms with van der Waals surface area (Å²) in [7, 11) is 0. The topological polar surface area (TPSA) is 31.3 Å². The molecular formula is C14H24N4O. The maximum absolute atomic E-state index is 5.27. The van der Waals surface area contributed by atoms with Gasteiger partial charge in [0.05, 0.1) is 19.3 Å². The van der Waals surface area contributed by atoms with Crippen molar-refractivity contribution in [2.24, 2.45) is 5.10 Å². The Morgan fingerprint density at radius 1 is 1.26 bits per heavy atom. The number of allylic oxidation sites excluding steroid dienone is 1.